The van der Waals surface area contributed by atoms with E-state index < -0.39 is 18.0 Å². The number of pyridine rings is 2. The molecule has 140 valence electrons. The monoisotopic (exact) mass is 367 g/mol. The lowest BCUT2D eigenvalue weighted by atomic mass is 9.80. The summed E-state index contributed by atoms with van der Waals surface area (Å²) >= 11 is 0. The van der Waals surface area contributed by atoms with E-state index in [1.54, 1.807) is 36.8 Å². The first-order valence-electron chi connectivity index (χ1n) is 8.50. The molecule has 0 spiro atoms. The molecule has 0 unspecified atom stereocenters. The average molecular weight is 367 g/mol. The van der Waals surface area contributed by atoms with Crippen molar-refractivity contribution in [2.75, 3.05) is 5.73 Å². The van der Waals surface area contributed by atoms with Gasteiger partial charge in [-0.2, -0.15) is 0 Å². The summed E-state index contributed by atoms with van der Waals surface area (Å²) in [5.41, 5.74) is 7.82. The molecule has 3 atom stereocenters. The van der Waals surface area contributed by atoms with Gasteiger partial charge in [-0.05, 0) is 42.7 Å². The van der Waals surface area contributed by atoms with Crippen LogP contribution in [0.3, 0.4) is 0 Å². The van der Waals surface area contributed by atoms with Crippen molar-refractivity contribution in [3.63, 3.8) is 0 Å². The van der Waals surface area contributed by atoms with Gasteiger partial charge in [0.2, 0.25) is 0 Å². The number of carboxylic acid groups (broad SMARTS) is 1. The van der Waals surface area contributed by atoms with Gasteiger partial charge in [-0.1, -0.05) is 12.6 Å². The largest absolute Gasteiger partial charge is 0.480 e. The van der Waals surface area contributed by atoms with E-state index in [1.165, 1.54) is 4.90 Å². The third-order valence-electron chi connectivity index (χ3n) is 4.69. The number of nitrogens with two attached hydrogens (primary N) is 1. The molecule has 0 aliphatic carbocycles. The lowest BCUT2D eigenvalue weighted by molar-refractivity contribution is -0.147. The molecule has 8 heteroatoms. The molecule has 3 heterocycles. The van der Waals surface area contributed by atoms with E-state index in [0.29, 0.717) is 17.9 Å². The van der Waals surface area contributed by atoms with Gasteiger partial charge >= 0.3 is 12.0 Å². The number of nitrogens with one attached hydrogen (secondary N) is 1. The Balaban J connectivity index is 1.71. The summed E-state index contributed by atoms with van der Waals surface area (Å²) in [5, 5.41) is 12.4. The topological polar surface area (TPSA) is 121 Å². The summed E-state index contributed by atoms with van der Waals surface area (Å²) in [5.74, 6) is -1.09. The summed E-state index contributed by atoms with van der Waals surface area (Å²) in [4.78, 5) is 33.5. The van der Waals surface area contributed by atoms with Gasteiger partial charge in [0.25, 0.3) is 0 Å². The molecule has 27 heavy (non-hydrogen) atoms. The Morgan fingerprint density at radius 3 is 2.81 bits per heavy atom. The molecule has 8 nitrogen and oxygen atoms in total. The highest BCUT2D eigenvalue weighted by molar-refractivity contribution is 5.88. The lowest BCUT2D eigenvalue weighted by Gasteiger charge is -2.47. The van der Waals surface area contributed by atoms with Gasteiger partial charge < -0.3 is 16.2 Å². The van der Waals surface area contributed by atoms with Crippen molar-refractivity contribution < 1.29 is 14.7 Å². The number of hydrogen-bond donors (Lipinski definition) is 3. The fourth-order valence-corrected chi connectivity index (χ4v) is 3.25. The first-order chi connectivity index (χ1) is 12.9. The Morgan fingerprint density at radius 2 is 2.19 bits per heavy atom. The number of carboxylic acids is 1. The molecule has 3 rings (SSSR count). The van der Waals surface area contributed by atoms with Crippen LogP contribution in [0.2, 0.25) is 0 Å². The first-order valence-corrected chi connectivity index (χ1v) is 8.50. The summed E-state index contributed by atoms with van der Waals surface area (Å²) in [6.45, 7) is 5.73. The van der Waals surface area contributed by atoms with Crippen LogP contribution >= 0.6 is 0 Å². The molecule has 0 aromatic carbocycles. The van der Waals surface area contributed by atoms with Crippen LogP contribution < -0.4 is 11.1 Å². The molecule has 4 N–H and O–H groups in total. The van der Waals surface area contributed by atoms with Crippen molar-refractivity contribution in [3.8, 4) is 0 Å². The second-order valence-electron chi connectivity index (χ2n) is 6.50. The van der Waals surface area contributed by atoms with E-state index in [0.717, 1.165) is 11.1 Å². The Hall–Kier alpha value is -3.42. The Morgan fingerprint density at radius 1 is 1.41 bits per heavy atom. The van der Waals surface area contributed by atoms with E-state index in [4.69, 9.17) is 5.73 Å². The first kappa shape index (κ1) is 18.4. The minimum atomic E-state index is -1.07. The van der Waals surface area contributed by atoms with Crippen LogP contribution in [0.25, 0.3) is 0 Å². The minimum absolute atomic E-state index is 0.313. The smallest absolute Gasteiger partial charge is 0.327 e. The van der Waals surface area contributed by atoms with Crippen LogP contribution in [0.4, 0.5) is 10.6 Å². The van der Waals surface area contributed by atoms with E-state index >= 15 is 0 Å². The number of nitrogens with zero attached hydrogens (tertiary/aromatic N) is 3. The van der Waals surface area contributed by atoms with Gasteiger partial charge in [0.05, 0.1) is 6.04 Å². The van der Waals surface area contributed by atoms with Crippen LogP contribution in [0, 0.1) is 5.92 Å². The summed E-state index contributed by atoms with van der Waals surface area (Å²) in [7, 11) is 0. The van der Waals surface area contributed by atoms with E-state index in [2.05, 4.69) is 21.9 Å². The Labute approximate surface area is 156 Å². The molecule has 2 amide bonds. The quantitative estimate of drug-likeness (QED) is 0.743. The highest BCUT2D eigenvalue weighted by Crippen LogP contribution is 2.38. The van der Waals surface area contributed by atoms with E-state index in [9.17, 15) is 14.7 Å². The fourth-order valence-electron chi connectivity index (χ4n) is 3.25. The number of carbonyl (C=O) groups excluding carboxylic acids is 1. The van der Waals surface area contributed by atoms with Gasteiger partial charge in [0.1, 0.15) is 11.9 Å². The standard InChI is InChI=1S/C19H21N5O3/c1-11(14-4-3-6-21-10-14)23-19(27)24-12(2)15(17(24)18(25)26)8-13-5-7-22-16(20)9-13/h3-7,9-11,15,17H,2,8H2,1H3,(H2,20,22)(H,23,27)(H,25,26)/t11-,15+,17+/m1/s1. The molecule has 1 aliphatic rings. The SMILES string of the molecule is C=C1[C@H](Cc2ccnc(N)c2)[C@@H](C(=O)O)N1C(=O)N[C@H](C)c1cccnc1. The van der Waals surface area contributed by atoms with Crippen molar-refractivity contribution in [2.45, 2.75) is 25.4 Å². The number of aromatic nitrogens is 2. The predicted octanol–water partition coefficient (Wildman–Crippen LogP) is 1.97. The average Bonchev–Trinajstić information content (AvgIpc) is 2.64. The van der Waals surface area contributed by atoms with Crippen molar-refractivity contribution in [2.24, 2.45) is 5.92 Å². The number of carbonyl (C=O) groups is 2. The molecule has 1 fully saturated rings. The maximum atomic E-state index is 12.6. The van der Waals surface area contributed by atoms with Crippen LogP contribution in [0.15, 0.2) is 55.1 Å². The van der Waals surface area contributed by atoms with Crippen LogP contribution in [-0.2, 0) is 11.2 Å². The molecule has 0 radical (unpaired) electrons. The predicted molar refractivity (Wildman–Crippen MR) is 99.4 cm³/mol. The zero-order valence-corrected chi connectivity index (χ0v) is 14.9. The molecule has 0 saturated carbocycles. The zero-order valence-electron chi connectivity index (χ0n) is 14.9. The maximum absolute atomic E-state index is 12.6. The number of amides is 2. The maximum Gasteiger partial charge on any atom is 0.327 e. The number of nitrogen functional groups attached to an aromatic ring is 1. The van der Waals surface area contributed by atoms with Crippen LogP contribution in [0.5, 0.6) is 0 Å². The highest BCUT2D eigenvalue weighted by atomic mass is 16.4. The van der Waals surface area contributed by atoms with Crippen molar-refractivity contribution >= 4 is 17.8 Å². The van der Waals surface area contributed by atoms with Crippen LogP contribution in [-0.4, -0.2) is 38.0 Å². The van der Waals surface area contributed by atoms with Gasteiger partial charge in [0, 0.05) is 30.2 Å². The number of hydrogen-bond acceptors (Lipinski definition) is 5. The molecule has 1 aliphatic heterocycles. The van der Waals surface area contributed by atoms with Crippen molar-refractivity contribution in [1.29, 1.82) is 0 Å². The molecule has 2 aromatic rings. The third-order valence-corrected chi connectivity index (χ3v) is 4.69. The molecule has 0 bridgehead atoms. The normalized spacial score (nSPS) is 19.9. The minimum Gasteiger partial charge on any atom is -0.480 e. The lowest BCUT2D eigenvalue weighted by Crippen LogP contribution is -2.63. The number of urea groups is 1. The van der Waals surface area contributed by atoms with Gasteiger partial charge in [-0.15, -0.1) is 0 Å². The molecule has 2 aromatic heterocycles. The fraction of sp³-hybridized carbons (Fsp3) is 0.263. The summed E-state index contributed by atoms with van der Waals surface area (Å²) in [6.07, 6.45) is 5.29. The van der Waals surface area contributed by atoms with E-state index in [-0.39, 0.29) is 12.0 Å². The molecular weight excluding hydrogens is 346 g/mol. The second kappa shape index (κ2) is 7.45. The van der Waals surface area contributed by atoms with Gasteiger partial charge in [0.15, 0.2) is 0 Å². The molecule has 1 saturated heterocycles. The van der Waals surface area contributed by atoms with E-state index in [1.807, 2.05) is 13.0 Å². The Bertz CT molecular complexity index is 871. The highest BCUT2D eigenvalue weighted by Gasteiger charge is 2.50. The number of aliphatic carboxylic acids is 1. The summed E-state index contributed by atoms with van der Waals surface area (Å²) in [6, 6.07) is 5.30. The summed E-state index contributed by atoms with van der Waals surface area (Å²) < 4.78 is 0. The van der Waals surface area contributed by atoms with Crippen LogP contribution in [0.1, 0.15) is 24.1 Å². The molecular formula is C19H21N5O3. The van der Waals surface area contributed by atoms with Crippen molar-refractivity contribution in [3.05, 3.63) is 66.3 Å². The van der Waals surface area contributed by atoms with Crippen molar-refractivity contribution in [1.82, 2.24) is 20.2 Å². The number of anilines is 1. The van der Waals surface area contributed by atoms with Gasteiger partial charge in [-0.3, -0.25) is 9.88 Å². The third kappa shape index (κ3) is 3.74. The van der Waals surface area contributed by atoms with Gasteiger partial charge in [-0.25, -0.2) is 14.6 Å². The second-order valence-corrected chi connectivity index (χ2v) is 6.50. The number of likely N-dealkylation sites (tertiary alicyclic amines) is 1. The zero-order chi connectivity index (χ0) is 19.6. The Kier molecular flexibility index (Phi) is 5.07. The number of rotatable bonds is 5.